The summed E-state index contributed by atoms with van der Waals surface area (Å²) in [6.07, 6.45) is 0. The monoisotopic (exact) mass is 291 g/mol. The second kappa shape index (κ2) is 6.97. The standard InChI is InChI=1S/C12H11ClFNS.ClH/c13-10-3-1-9(2-4-10)7-15-8-11-5-6-12(14)16-11;/h1-6,15H,7-8H2;1H. The largest absolute Gasteiger partial charge is 0.308 e. The number of rotatable bonds is 4. The number of thiophene rings is 1. The van der Waals surface area contributed by atoms with Crippen molar-refractivity contribution in [2.45, 2.75) is 13.1 Å². The first-order valence-corrected chi connectivity index (χ1v) is 6.13. The van der Waals surface area contributed by atoms with E-state index in [-0.39, 0.29) is 17.5 Å². The molecule has 0 saturated heterocycles. The van der Waals surface area contributed by atoms with Crippen molar-refractivity contribution in [1.29, 1.82) is 0 Å². The van der Waals surface area contributed by atoms with E-state index >= 15 is 0 Å². The van der Waals surface area contributed by atoms with Gasteiger partial charge in [0.15, 0.2) is 5.13 Å². The lowest BCUT2D eigenvalue weighted by Crippen LogP contribution is -2.11. The average molecular weight is 292 g/mol. The SMILES string of the molecule is Cl.Fc1ccc(CNCc2ccc(Cl)cc2)s1. The van der Waals surface area contributed by atoms with Gasteiger partial charge in [0.25, 0.3) is 0 Å². The molecule has 0 amide bonds. The summed E-state index contributed by atoms with van der Waals surface area (Å²) in [5, 5.41) is 3.86. The molecule has 2 aromatic rings. The summed E-state index contributed by atoms with van der Waals surface area (Å²) in [5.74, 6) is 0. The zero-order chi connectivity index (χ0) is 11.4. The van der Waals surface area contributed by atoms with Gasteiger partial charge >= 0.3 is 0 Å². The van der Waals surface area contributed by atoms with Crippen molar-refractivity contribution in [1.82, 2.24) is 5.32 Å². The number of nitrogens with one attached hydrogen (secondary N) is 1. The van der Waals surface area contributed by atoms with Crippen LogP contribution in [0.15, 0.2) is 36.4 Å². The van der Waals surface area contributed by atoms with Crippen LogP contribution in [0.4, 0.5) is 4.39 Å². The molecule has 1 aromatic heterocycles. The first kappa shape index (κ1) is 14.5. The third-order valence-electron chi connectivity index (χ3n) is 2.17. The summed E-state index contributed by atoms with van der Waals surface area (Å²) in [4.78, 5) is 1.01. The molecule has 2 rings (SSSR count). The van der Waals surface area contributed by atoms with E-state index in [2.05, 4.69) is 5.32 Å². The van der Waals surface area contributed by atoms with E-state index in [9.17, 15) is 4.39 Å². The molecule has 0 spiro atoms. The van der Waals surface area contributed by atoms with Gasteiger partial charge in [0, 0.05) is 23.0 Å². The molecule has 17 heavy (non-hydrogen) atoms. The molecule has 1 nitrogen and oxygen atoms in total. The molecule has 5 heteroatoms. The van der Waals surface area contributed by atoms with Gasteiger partial charge in [-0.1, -0.05) is 23.7 Å². The molecule has 1 aromatic carbocycles. The van der Waals surface area contributed by atoms with Crippen molar-refractivity contribution in [2.24, 2.45) is 0 Å². The number of hydrogen-bond acceptors (Lipinski definition) is 2. The maximum atomic E-state index is 12.7. The lowest BCUT2D eigenvalue weighted by atomic mass is 10.2. The Balaban J connectivity index is 0.00000144. The zero-order valence-electron chi connectivity index (χ0n) is 8.95. The van der Waals surface area contributed by atoms with Gasteiger partial charge in [0.1, 0.15) is 0 Å². The highest BCUT2D eigenvalue weighted by molar-refractivity contribution is 7.10. The third-order valence-corrected chi connectivity index (χ3v) is 3.30. The third kappa shape index (κ3) is 4.64. The minimum atomic E-state index is -0.136. The van der Waals surface area contributed by atoms with Gasteiger partial charge in [-0.15, -0.1) is 23.7 Å². The van der Waals surface area contributed by atoms with Crippen LogP contribution in [0.25, 0.3) is 0 Å². The van der Waals surface area contributed by atoms with Crippen LogP contribution >= 0.6 is 35.3 Å². The van der Waals surface area contributed by atoms with Crippen molar-refractivity contribution in [3.8, 4) is 0 Å². The van der Waals surface area contributed by atoms with Crippen molar-refractivity contribution in [2.75, 3.05) is 0 Å². The number of halogens is 3. The minimum Gasteiger partial charge on any atom is -0.308 e. The lowest BCUT2D eigenvalue weighted by molar-refractivity contribution is 0.657. The Kier molecular flexibility index (Phi) is 5.92. The highest BCUT2D eigenvalue weighted by atomic mass is 35.5. The Labute approximate surface area is 115 Å². The van der Waals surface area contributed by atoms with Crippen LogP contribution in [0.3, 0.4) is 0 Å². The normalized spacial score (nSPS) is 10.0. The Morgan fingerprint density at radius 2 is 1.76 bits per heavy atom. The van der Waals surface area contributed by atoms with Gasteiger partial charge < -0.3 is 5.32 Å². The fourth-order valence-electron chi connectivity index (χ4n) is 1.38. The van der Waals surface area contributed by atoms with Crippen molar-refractivity contribution >= 4 is 35.3 Å². The minimum absolute atomic E-state index is 0. The first-order valence-electron chi connectivity index (χ1n) is 4.93. The van der Waals surface area contributed by atoms with Crippen molar-refractivity contribution in [3.63, 3.8) is 0 Å². The molecule has 0 fully saturated rings. The fraction of sp³-hybridized carbons (Fsp3) is 0.167. The van der Waals surface area contributed by atoms with Crippen molar-refractivity contribution < 1.29 is 4.39 Å². The van der Waals surface area contributed by atoms with Gasteiger partial charge in [-0.2, -0.15) is 4.39 Å². The quantitative estimate of drug-likeness (QED) is 0.888. The van der Waals surface area contributed by atoms with Gasteiger partial charge in [-0.05, 0) is 29.8 Å². The van der Waals surface area contributed by atoms with E-state index in [0.29, 0.717) is 6.54 Å². The first-order chi connectivity index (χ1) is 7.74. The second-order valence-electron chi connectivity index (χ2n) is 3.44. The van der Waals surface area contributed by atoms with E-state index in [1.165, 1.54) is 23.0 Å². The van der Waals surface area contributed by atoms with Crippen LogP contribution in [-0.4, -0.2) is 0 Å². The molecule has 0 unspecified atom stereocenters. The smallest absolute Gasteiger partial charge is 0.176 e. The Bertz CT molecular complexity index is 456. The van der Waals surface area contributed by atoms with Gasteiger partial charge in [-0.25, -0.2) is 0 Å². The van der Waals surface area contributed by atoms with Crippen LogP contribution in [-0.2, 0) is 13.1 Å². The van der Waals surface area contributed by atoms with E-state index < -0.39 is 0 Å². The van der Waals surface area contributed by atoms with Crippen LogP contribution in [0.5, 0.6) is 0 Å². The van der Waals surface area contributed by atoms with E-state index in [1.54, 1.807) is 6.07 Å². The van der Waals surface area contributed by atoms with Crippen LogP contribution in [0.2, 0.25) is 5.02 Å². The van der Waals surface area contributed by atoms with Gasteiger partial charge in [0.2, 0.25) is 0 Å². The summed E-state index contributed by atoms with van der Waals surface area (Å²) >= 11 is 6.96. The molecule has 1 N–H and O–H groups in total. The Morgan fingerprint density at radius 1 is 1.06 bits per heavy atom. The zero-order valence-corrected chi connectivity index (χ0v) is 11.3. The summed E-state index contributed by atoms with van der Waals surface area (Å²) in [7, 11) is 0. The molecular formula is C12H12Cl2FNS. The molecule has 0 atom stereocenters. The molecular weight excluding hydrogens is 280 g/mol. The van der Waals surface area contributed by atoms with E-state index in [4.69, 9.17) is 11.6 Å². The molecule has 0 bridgehead atoms. The van der Waals surface area contributed by atoms with Crippen molar-refractivity contribution in [3.05, 3.63) is 57.0 Å². The number of hydrogen-bond donors (Lipinski definition) is 1. The Hall–Kier alpha value is -0.610. The number of benzene rings is 1. The highest BCUT2D eigenvalue weighted by Gasteiger charge is 1.98. The van der Waals surface area contributed by atoms with Crippen LogP contribution in [0.1, 0.15) is 10.4 Å². The average Bonchev–Trinajstić information content (AvgIpc) is 2.67. The van der Waals surface area contributed by atoms with Gasteiger partial charge in [0.05, 0.1) is 0 Å². The summed E-state index contributed by atoms with van der Waals surface area (Å²) < 4.78 is 12.7. The molecule has 0 aliphatic carbocycles. The molecule has 0 aliphatic heterocycles. The molecule has 1 heterocycles. The van der Waals surface area contributed by atoms with E-state index in [0.717, 1.165) is 16.4 Å². The molecule has 0 aliphatic rings. The molecule has 0 saturated carbocycles. The predicted octanol–water partition coefficient (Wildman–Crippen LogP) is 4.25. The molecule has 0 radical (unpaired) electrons. The summed E-state index contributed by atoms with van der Waals surface area (Å²) in [6.45, 7) is 1.45. The maximum Gasteiger partial charge on any atom is 0.176 e. The van der Waals surface area contributed by atoms with E-state index in [1.807, 2.05) is 24.3 Å². The van der Waals surface area contributed by atoms with Gasteiger partial charge in [-0.3, -0.25) is 0 Å². The fourth-order valence-corrected chi connectivity index (χ4v) is 2.20. The van der Waals surface area contributed by atoms with Crippen LogP contribution in [0, 0.1) is 5.13 Å². The maximum absolute atomic E-state index is 12.7. The molecule has 92 valence electrons. The summed E-state index contributed by atoms with van der Waals surface area (Å²) in [5.41, 5.74) is 1.17. The highest BCUT2D eigenvalue weighted by Crippen LogP contribution is 2.14. The van der Waals surface area contributed by atoms with Crippen LogP contribution < -0.4 is 5.32 Å². The topological polar surface area (TPSA) is 12.0 Å². The Morgan fingerprint density at radius 3 is 2.35 bits per heavy atom. The second-order valence-corrected chi connectivity index (χ2v) is 4.99. The lowest BCUT2D eigenvalue weighted by Gasteiger charge is -2.03. The predicted molar refractivity (Wildman–Crippen MR) is 73.5 cm³/mol. The summed E-state index contributed by atoms with van der Waals surface area (Å²) in [6, 6.07) is 11.0.